The minimum absolute atomic E-state index is 0.154. The van der Waals surface area contributed by atoms with Crippen LogP contribution in [0.25, 0.3) is 0 Å². The van der Waals surface area contributed by atoms with E-state index >= 15 is 0 Å². The molecule has 1 heterocycles. The summed E-state index contributed by atoms with van der Waals surface area (Å²) in [4.78, 5) is 12.7. The lowest BCUT2D eigenvalue weighted by atomic mass is 9.99. The van der Waals surface area contributed by atoms with Gasteiger partial charge >= 0.3 is 0 Å². The van der Waals surface area contributed by atoms with Gasteiger partial charge in [-0.15, -0.1) is 11.3 Å². The van der Waals surface area contributed by atoms with Gasteiger partial charge in [0.25, 0.3) is 0 Å². The Hall–Kier alpha value is -0.670. The molecular formula is C11H17NOS. The van der Waals surface area contributed by atoms with Gasteiger partial charge in [0.05, 0.1) is 6.04 Å². The third kappa shape index (κ3) is 3.60. The van der Waals surface area contributed by atoms with E-state index in [9.17, 15) is 4.79 Å². The Morgan fingerprint density at radius 1 is 1.57 bits per heavy atom. The van der Waals surface area contributed by atoms with Crippen LogP contribution < -0.4 is 5.73 Å². The molecule has 1 rings (SSSR count). The summed E-state index contributed by atoms with van der Waals surface area (Å²) >= 11 is 1.61. The van der Waals surface area contributed by atoms with Crippen LogP contribution in [0.4, 0.5) is 0 Å². The molecule has 0 amide bonds. The van der Waals surface area contributed by atoms with Crippen molar-refractivity contribution in [2.45, 2.75) is 32.7 Å². The number of rotatable bonds is 5. The first-order valence-corrected chi connectivity index (χ1v) is 5.78. The second kappa shape index (κ2) is 5.27. The Balaban J connectivity index is 2.42. The van der Waals surface area contributed by atoms with Gasteiger partial charge in [-0.05, 0) is 23.8 Å². The van der Waals surface area contributed by atoms with Crippen LogP contribution in [0.3, 0.4) is 0 Å². The minimum Gasteiger partial charge on any atom is -0.321 e. The highest BCUT2D eigenvalue weighted by molar-refractivity contribution is 7.10. The Morgan fingerprint density at radius 3 is 2.79 bits per heavy atom. The van der Waals surface area contributed by atoms with Gasteiger partial charge in [-0.3, -0.25) is 4.79 Å². The minimum atomic E-state index is -0.294. The molecule has 0 radical (unpaired) electrons. The van der Waals surface area contributed by atoms with E-state index < -0.39 is 0 Å². The normalized spacial score (nSPS) is 13.1. The maximum atomic E-state index is 11.6. The average Bonchev–Trinajstić information content (AvgIpc) is 2.55. The first-order valence-electron chi connectivity index (χ1n) is 4.90. The molecule has 2 N–H and O–H groups in total. The zero-order valence-electron chi connectivity index (χ0n) is 8.69. The zero-order chi connectivity index (χ0) is 10.6. The number of Topliss-reactive ketones (excluding diaryl/α,β-unsaturated/α-hetero) is 1. The van der Waals surface area contributed by atoms with Crippen molar-refractivity contribution in [2.24, 2.45) is 11.7 Å². The fourth-order valence-electron chi connectivity index (χ4n) is 1.36. The monoisotopic (exact) mass is 211 g/mol. The first-order chi connectivity index (χ1) is 6.59. The van der Waals surface area contributed by atoms with Gasteiger partial charge < -0.3 is 5.73 Å². The van der Waals surface area contributed by atoms with Crippen molar-refractivity contribution in [1.29, 1.82) is 0 Å². The molecule has 0 aromatic carbocycles. The predicted molar refractivity (Wildman–Crippen MR) is 60.5 cm³/mol. The van der Waals surface area contributed by atoms with Crippen LogP contribution in [0, 0.1) is 5.92 Å². The third-order valence-corrected chi connectivity index (χ3v) is 2.94. The standard InChI is InChI=1S/C11H17NOS/c1-8(2)6-10(12)11(13)7-9-4-3-5-14-9/h3-5,8,10H,6-7,12H2,1-2H3. The number of carbonyl (C=O) groups excluding carboxylic acids is 1. The molecule has 14 heavy (non-hydrogen) atoms. The van der Waals surface area contributed by atoms with Crippen LogP contribution in [0.5, 0.6) is 0 Å². The van der Waals surface area contributed by atoms with E-state index in [-0.39, 0.29) is 11.8 Å². The lowest BCUT2D eigenvalue weighted by Crippen LogP contribution is -2.32. The maximum absolute atomic E-state index is 11.6. The van der Waals surface area contributed by atoms with E-state index in [1.54, 1.807) is 11.3 Å². The summed E-state index contributed by atoms with van der Waals surface area (Å²) in [6.45, 7) is 4.16. The summed E-state index contributed by atoms with van der Waals surface area (Å²) in [5, 5.41) is 1.98. The molecule has 0 fully saturated rings. The molecule has 0 spiro atoms. The number of thiophene rings is 1. The maximum Gasteiger partial charge on any atom is 0.154 e. The molecule has 0 saturated heterocycles. The predicted octanol–water partition coefficient (Wildman–Crippen LogP) is 2.23. The van der Waals surface area contributed by atoms with Gasteiger partial charge in [-0.2, -0.15) is 0 Å². The zero-order valence-corrected chi connectivity index (χ0v) is 9.51. The van der Waals surface area contributed by atoms with Crippen LogP contribution in [-0.2, 0) is 11.2 Å². The summed E-state index contributed by atoms with van der Waals surface area (Å²) in [6, 6.07) is 3.64. The number of hydrogen-bond donors (Lipinski definition) is 1. The van der Waals surface area contributed by atoms with Gasteiger partial charge in [0.1, 0.15) is 0 Å². The average molecular weight is 211 g/mol. The largest absolute Gasteiger partial charge is 0.321 e. The van der Waals surface area contributed by atoms with Crippen molar-refractivity contribution in [3.05, 3.63) is 22.4 Å². The second-order valence-corrected chi connectivity index (χ2v) is 4.99. The van der Waals surface area contributed by atoms with E-state index in [1.165, 1.54) is 0 Å². The van der Waals surface area contributed by atoms with Gasteiger partial charge in [-0.1, -0.05) is 19.9 Å². The molecule has 0 aliphatic rings. The van der Waals surface area contributed by atoms with E-state index in [0.717, 1.165) is 11.3 Å². The molecule has 1 aromatic heterocycles. The van der Waals surface area contributed by atoms with E-state index in [4.69, 9.17) is 5.73 Å². The van der Waals surface area contributed by atoms with Crippen LogP contribution in [0.1, 0.15) is 25.1 Å². The summed E-state index contributed by atoms with van der Waals surface area (Å²) in [5.74, 6) is 0.637. The topological polar surface area (TPSA) is 43.1 Å². The number of hydrogen-bond acceptors (Lipinski definition) is 3. The van der Waals surface area contributed by atoms with Crippen LogP contribution in [0.15, 0.2) is 17.5 Å². The van der Waals surface area contributed by atoms with E-state index in [1.807, 2.05) is 17.5 Å². The molecule has 3 heteroatoms. The quantitative estimate of drug-likeness (QED) is 0.811. The van der Waals surface area contributed by atoms with Crippen molar-refractivity contribution < 1.29 is 4.79 Å². The van der Waals surface area contributed by atoms with Gasteiger partial charge in [0, 0.05) is 11.3 Å². The molecule has 0 saturated carbocycles. The highest BCUT2D eigenvalue weighted by atomic mass is 32.1. The summed E-state index contributed by atoms with van der Waals surface area (Å²) < 4.78 is 0. The van der Waals surface area contributed by atoms with Gasteiger partial charge in [0.2, 0.25) is 0 Å². The lowest BCUT2D eigenvalue weighted by molar-refractivity contribution is -0.119. The lowest BCUT2D eigenvalue weighted by Gasteiger charge is -2.11. The highest BCUT2D eigenvalue weighted by Gasteiger charge is 2.15. The SMILES string of the molecule is CC(C)CC(N)C(=O)Cc1cccs1. The molecule has 0 bridgehead atoms. The number of nitrogens with two attached hydrogens (primary N) is 1. The Labute approximate surface area is 89.1 Å². The molecule has 0 aliphatic heterocycles. The summed E-state index contributed by atoms with van der Waals surface area (Å²) in [7, 11) is 0. The molecule has 1 unspecified atom stereocenters. The number of carbonyl (C=O) groups is 1. The van der Waals surface area contributed by atoms with Crippen LogP contribution in [-0.4, -0.2) is 11.8 Å². The fraction of sp³-hybridized carbons (Fsp3) is 0.545. The Bertz CT molecular complexity index is 279. The van der Waals surface area contributed by atoms with Crippen LogP contribution in [0.2, 0.25) is 0 Å². The highest BCUT2D eigenvalue weighted by Crippen LogP contribution is 2.12. The van der Waals surface area contributed by atoms with Crippen molar-refractivity contribution >= 4 is 17.1 Å². The Morgan fingerprint density at radius 2 is 2.29 bits per heavy atom. The molecule has 0 aliphatic carbocycles. The Kier molecular flexibility index (Phi) is 4.29. The van der Waals surface area contributed by atoms with Crippen molar-refractivity contribution in [3.63, 3.8) is 0 Å². The second-order valence-electron chi connectivity index (χ2n) is 3.96. The summed E-state index contributed by atoms with van der Waals surface area (Å²) in [6.07, 6.45) is 1.27. The van der Waals surface area contributed by atoms with Crippen molar-refractivity contribution in [3.8, 4) is 0 Å². The summed E-state index contributed by atoms with van der Waals surface area (Å²) in [5.41, 5.74) is 5.79. The smallest absolute Gasteiger partial charge is 0.154 e. The third-order valence-electron chi connectivity index (χ3n) is 2.07. The van der Waals surface area contributed by atoms with E-state index in [2.05, 4.69) is 13.8 Å². The number of ketones is 1. The molecule has 1 aromatic rings. The van der Waals surface area contributed by atoms with Gasteiger partial charge in [0.15, 0.2) is 5.78 Å². The van der Waals surface area contributed by atoms with E-state index in [0.29, 0.717) is 12.3 Å². The molecule has 2 nitrogen and oxygen atoms in total. The first kappa shape index (κ1) is 11.4. The molecule has 78 valence electrons. The van der Waals surface area contributed by atoms with Crippen LogP contribution >= 0.6 is 11.3 Å². The van der Waals surface area contributed by atoms with Crippen molar-refractivity contribution in [2.75, 3.05) is 0 Å². The molecular weight excluding hydrogens is 194 g/mol. The van der Waals surface area contributed by atoms with Crippen molar-refractivity contribution in [1.82, 2.24) is 0 Å². The molecule has 1 atom stereocenters. The van der Waals surface area contributed by atoms with Gasteiger partial charge in [-0.25, -0.2) is 0 Å². The fourth-order valence-corrected chi connectivity index (χ4v) is 2.07.